The summed E-state index contributed by atoms with van der Waals surface area (Å²) in [6, 6.07) is 15.8. The zero-order valence-corrected chi connectivity index (χ0v) is 17.1. The van der Waals surface area contributed by atoms with Crippen LogP contribution in [0.5, 0.6) is 0 Å². The minimum absolute atomic E-state index is 0. The van der Waals surface area contributed by atoms with Crippen molar-refractivity contribution in [2.75, 3.05) is 44.2 Å². The second kappa shape index (κ2) is 9.13. The van der Waals surface area contributed by atoms with Crippen LogP contribution in [-0.2, 0) is 0 Å². The molecule has 1 N–H and O–H groups in total. The molecule has 0 radical (unpaired) electrons. The van der Waals surface area contributed by atoms with E-state index in [1.54, 1.807) is 36.4 Å². The molecule has 0 bridgehead atoms. The van der Waals surface area contributed by atoms with Crippen molar-refractivity contribution < 1.29 is 14.6 Å². The van der Waals surface area contributed by atoms with Crippen LogP contribution < -0.4 is 14.4 Å². The van der Waals surface area contributed by atoms with Crippen LogP contribution in [-0.4, -0.2) is 49.3 Å². The van der Waals surface area contributed by atoms with Gasteiger partial charge < -0.3 is 20.4 Å². The third-order valence-corrected chi connectivity index (χ3v) is 5.33. The van der Waals surface area contributed by atoms with E-state index in [9.17, 15) is 15.7 Å². The highest BCUT2D eigenvalue weighted by atomic mass is 35.5. The smallest absolute Gasteiger partial charge is 0.369 e. The first-order chi connectivity index (χ1) is 14.1. The van der Waals surface area contributed by atoms with E-state index in [0.29, 0.717) is 21.6 Å². The zero-order chi connectivity index (χ0) is 20.4. The average molecular weight is 428 g/mol. The van der Waals surface area contributed by atoms with Gasteiger partial charge in [-0.1, -0.05) is 18.2 Å². The molecule has 1 fully saturated rings. The Hall–Kier alpha value is -3.12. The summed E-state index contributed by atoms with van der Waals surface area (Å²) in [5, 5.41) is 44.7. The van der Waals surface area contributed by atoms with Crippen LogP contribution in [0.25, 0.3) is 22.3 Å². The minimum atomic E-state index is -0.219. The Kier molecular flexibility index (Phi) is 6.57. The Morgan fingerprint density at radius 1 is 0.967 bits per heavy atom. The van der Waals surface area contributed by atoms with Gasteiger partial charge in [-0.05, 0) is 18.2 Å². The summed E-state index contributed by atoms with van der Waals surface area (Å²) in [6.45, 7) is 3.93. The summed E-state index contributed by atoms with van der Waals surface area (Å²) in [5.41, 5.74) is 1.59. The van der Waals surface area contributed by atoms with Gasteiger partial charge in [0.05, 0.1) is 12.2 Å². The fraction of sp³-hybridized carbons (Fsp3) is 0.286. The summed E-state index contributed by atoms with van der Waals surface area (Å²) in [7, 11) is 0. The maximum atomic E-state index is 13.0. The number of aliphatic hydroxyl groups excluding tert-OH is 1. The summed E-state index contributed by atoms with van der Waals surface area (Å²) >= 11 is 0. The second-order valence-corrected chi connectivity index (χ2v) is 6.99. The summed E-state index contributed by atoms with van der Waals surface area (Å²) in [6.07, 6.45) is 0. The summed E-state index contributed by atoms with van der Waals surface area (Å²) < 4.78 is 1.22. The Labute approximate surface area is 180 Å². The Bertz CT molecular complexity index is 1080. The number of benzene rings is 2. The fourth-order valence-corrected chi connectivity index (χ4v) is 3.80. The molecular formula is C21H22ClN5O3. The normalized spacial score (nSPS) is 14.3. The third-order valence-electron chi connectivity index (χ3n) is 5.33. The molecule has 2 aromatic carbocycles. The number of anilines is 1. The van der Waals surface area contributed by atoms with E-state index in [0.717, 1.165) is 31.9 Å². The fourth-order valence-electron chi connectivity index (χ4n) is 3.80. The van der Waals surface area contributed by atoms with Crippen LogP contribution in [0.4, 0.5) is 5.69 Å². The molecule has 156 valence electrons. The van der Waals surface area contributed by atoms with Gasteiger partial charge in [-0.3, -0.25) is 4.90 Å². The van der Waals surface area contributed by atoms with E-state index in [1.165, 1.54) is 0 Å². The highest BCUT2D eigenvalue weighted by Crippen LogP contribution is 2.24. The number of hydrogen-bond donors (Lipinski definition) is 1. The Morgan fingerprint density at radius 3 is 2.30 bits per heavy atom. The molecule has 4 rings (SSSR count). The molecule has 30 heavy (non-hydrogen) atoms. The predicted octanol–water partition coefficient (Wildman–Crippen LogP) is 1.18. The number of aromatic nitrogens is 2. The molecule has 0 spiro atoms. The highest BCUT2D eigenvalue weighted by Gasteiger charge is 2.30. The predicted molar refractivity (Wildman–Crippen MR) is 115 cm³/mol. The van der Waals surface area contributed by atoms with E-state index in [4.69, 9.17) is 5.11 Å². The van der Waals surface area contributed by atoms with Gasteiger partial charge in [-0.25, -0.2) is 0 Å². The standard InChI is InChI=1S/C21H21N5O3.ClH/c22-15-20-21(16-4-2-1-3-5-16)26(29)18-7-6-17(14-19(18)25(20)28)24-10-8-23(9-11-24)12-13-27;/h1-7,14,27H,8-13H2;1H. The number of rotatable bonds is 4. The van der Waals surface area contributed by atoms with Crippen LogP contribution in [0.3, 0.4) is 0 Å². The molecule has 2 heterocycles. The number of aliphatic hydroxyl groups is 1. The molecular weight excluding hydrogens is 406 g/mol. The molecule has 1 aliphatic rings. The molecule has 0 amide bonds. The monoisotopic (exact) mass is 427 g/mol. The highest BCUT2D eigenvalue weighted by molar-refractivity contribution is 5.85. The molecule has 0 saturated carbocycles. The van der Waals surface area contributed by atoms with E-state index < -0.39 is 0 Å². The van der Waals surface area contributed by atoms with Gasteiger partial charge in [0.2, 0.25) is 0 Å². The van der Waals surface area contributed by atoms with Crippen LogP contribution in [0.2, 0.25) is 0 Å². The Morgan fingerprint density at radius 2 is 1.67 bits per heavy atom. The number of nitrogens with zero attached hydrogens (tertiary/aromatic N) is 5. The van der Waals surface area contributed by atoms with Crippen molar-refractivity contribution in [3.05, 3.63) is 64.6 Å². The summed E-state index contributed by atoms with van der Waals surface area (Å²) in [5.74, 6) is 0. The number of halogens is 1. The lowest BCUT2D eigenvalue weighted by molar-refractivity contribution is -0.622. The number of fused-ring (bicyclic) bond motifs is 1. The van der Waals surface area contributed by atoms with Crippen molar-refractivity contribution in [1.82, 2.24) is 4.90 Å². The van der Waals surface area contributed by atoms with E-state index in [-0.39, 0.29) is 41.4 Å². The first-order valence-electron chi connectivity index (χ1n) is 9.50. The minimum Gasteiger partial charge on any atom is -0.617 e. The van der Waals surface area contributed by atoms with Crippen molar-refractivity contribution in [3.8, 4) is 17.3 Å². The first kappa shape index (κ1) is 21.6. The lowest BCUT2D eigenvalue weighted by Gasteiger charge is -2.35. The number of hydrogen-bond acceptors (Lipinski definition) is 6. The lowest BCUT2D eigenvalue weighted by atomic mass is 10.1. The molecule has 0 unspecified atom stereocenters. The lowest BCUT2D eigenvalue weighted by Crippen LogP contribution is -2.47. The molecule has 1 saturated heterocycles. The van der Waals surface area contributed by atoms with Crippen molar-refractivity contribution >= 4 is 29.1 Å². The number of β-amino-alcohol motifs (C(OH)–C–C–N with tert-alkyl or cyclic N) is 1. The van der Waals surface area contributed by atoms with Crippen LogP contribution in [0.15, 0.2) is 48.5 Å². The maximum absolute atomic E-state index is 13.0. The van der Waals surface area contributed by atoms with Gasteiger partial charge in [0.25, 0.3) is 11.0 Å². The van der Waals surface area contributed by atoms with E-state index in [2.05, 4.69) is 9.80 Å². The van der Waals surface area contributed by atoms with Crippen LogP contribution in [0.1, 0.15) is 5.69 Å². The molecule has 1 aromatic heterocycles. The molecule has 1 aliphatic heterocycles. The quantitative estimate of drug-likeness (QED) is 0.495. The van der Waals surface area contributed by atoms with Crippen molar-refractivity contribution in [1.29, 1.82) is 5.26 Å². The summed E-state index contributed by atoms with van der Waals surface area (Å²) in [4.78, 5) is 4.32. The van der Waals surface area contributed by atoms with Gasteiger partial charge in [-0.15, -0.1) is 17.1 Å². The van der Waals surface area contributed by atoms with Gasteiger partial charge in [0.15, 0.2) is 6.07 Å². The number of piperazine rings is 1. The average Bonchev–Trinajstić information content (AvgIpc) is 2.77. The zero-order valence-electron chi connectivity index (χ0n) is 16.3. The van der Waals surface area contributed by atoms with Crippen molar-refractivity contribution in [2.45, 2.75) is 0 Å². The first-order valence-corrected chi connectivity index (χ1v) is 9.50. The van der Waals surface area contributed by atoms with Gasteiger partial charge in [0, 0.05) is 50.5 Å². The number of nitriles is 1. The molecule has 9 heteroatoms. The third kappa shape index (κ3) is 3.83. The van der Waals surface area contributed by atoms with Crippen molar-refractivity contribution in [2.24, 2.45) is 0 Å². The second-order valence-electron chi connectivity index (χ2n) is 6.99. The molecule has 0 aliphatic carbocycles. The van der Waals surface area contributed by atoms with Crippen LogP contribution in [0, 0.1) is 21.7 Å². The van der Waals surface area contributed by atoms with Gasteiger partial charge >= 0.3 is 11.4 Å². The van der Waals surface area contributed by atoms with E-state index in [1.807, 2.05) is 18.2 Å². The van der Waals surface area contributed by atoms with Crippen molar-refractivity contribution in [3.63, 3.8) is 0 Å². The Balaban J connectivity index is 0.00000256. The SMILES string of the molecule is Cl.N#Cc1c(-c2ccccc2)[n+]([O-])c2ccc(N3CCN(CCO)CC3)cc2[n+]1[O-]. The molecule has 8 nitrogen and oxygen atoms in total. The van der Waals surface area contributed by atoms with Gasteiger partial charge in [0.1, 0.15) is 0 Å². The molecule has 3 aromatic rings. The largest absolute Gasteiger partial charge is 0.617 e. The topological polar surface area (TPSA) is 104 Å². The molecule has 0 atom stereocenters. The van der Waals surface area contributed by atoms with Crippen LogP contribution >= 0.6 is 12.4 Å². The van der Waals surface area contributed by atoms with Gasteiger partial charge in [-0.2, -0.15) is 9.99 Å². The van der Waals surface area contributed by atoms with E-state index >= 15 is 0 Å². The maximum Gasteiger partial charge on any atom is 0.369 e.